The van der Waals surface area contributed by atoms with Crippen LogP contribution in [0.25, 0.3) is 0 Å². The number of thiol groups is 1. The maximum absolute atomic E-state index is 13.6. The number of aliphatic imine (C=N–C) groups is 1. The van der Waals surface area contributed by atoms with Crippen LogP contribution in [0.3, 0.4) is 0 Å². The fraction of sp³-hybridized carbons (Fsp3) is 0.676. The SMILES string of the molecule is C[C@@H](O)[C@H](NC(=O)[C@@H](N)CCCCN)C(=O)N[C@@H](Cc1cnc[nH]1)C(=O)N[C@@H](CS)C(=O)N[C@@H](CO)C(=O)N[C@@H](CCCCN)C(=O)N[C@@H](CCCN=C(N)N)C(=O)O. The quantitative estimate of drug-likeness (QED) is 0.0148. The number of aromatic amines is 1. The summed E-state index contributed by atoms with van der Waals surface area (Å²) in [5.41, 5.74) is 28.0. The van der Waals surface area contributed by atoms with Crippen LogP contribution in [0.1, 0.15) is 64.0 Å². The van der Waals surface area contributed by atoms with Crippen molar-refractivity contribution in [3.05, 3.63) is 18.2 Å². The number of carbonyl (C=O) groups is 7. The molecule has 0 unspecified atom stereocenters. The summed E-state index contributed by atoms with van der Waals surface area (Å²) >= 11 is 4.15. The molecule has 0 fully saturated rings. The van der Waals surface area contributed by atoms with Crippen LogP contribution in [0.15, 0.2) is 17.5 Å². The molecule has 6 amide bonds. The number of aromatic nitrogens is 2. The normalized spacial score (nSPS) is 15.1. The van der Waals surface area contributed by atoms with Gasteiger partial charge in [-0.3, -0.25) is 33.8 Å². The molecule has 20 N–H and O–H groups in total. The lowest BCUT2D eigenvalue weighted by atomic mass is 10.1. The van der Waals surface area contributed by atoms with Gasteiger partial charge in [-0.2, -0.15) is 12.6 Å². The molecule has 1 aromatic heterocycles. The Kier molecular flexibility index (Phi) is 25.0. The molecular weight excluding hydrogens is 797 g/mol. The topological polar surface area (TPSA) is 423 Å². The third-order valence-corrected chi connectivity index (χ3v) is 9.12. The number of aliphatic hydroxyl groups excluding tert-OH is 2. The van der Waals surface area contributed by atoms with Crippen molar-refractivity contribution >= 4 is 60.0 Å². The Labute approximate surface area is 347 Å². The monoisotopic (exact) mass is 858 g/mol. The predicted molar refractivity (Wildman–Crippen MR) is 218 cm³/mol. The molecule has 0 aromatic carbocycles. The summed E-state index contributed by atoms with van der Waals surface area (Å²) in [6.07, 6.45) is 3.57. The highest BCUT2D eigenvalue weighted by molar-refractivity contribution is 7.80. The molecule has 1 rings (SSSR count). The third kappa shape index (κ3) is 20.0. The van der Waals surface area contributed by atoms with Crippen molar-refractivity contribution in [2.75, 3.05) is 32.0 Å². The standard InChI is InChI=1S/C34H62N14O10S/c1-18(50)26(48-27(51)20(37)7-2-4-10-35)32(56)45-23(13-19-14-40-17-42-19)29(53)47-25(16-59)31(55)46-24(15-49)30(54)43-21(8-3-5-11-36)28(52)44-22(33(57)58)9-6-12-41-34(38)39/h14,17-18,20-26,49-50,59H,2-13,15-16,35-37H2,1H3,(H,40,42)(H,43,54)(H,44,52)(H,45,56)(H,46,55)(H,47,53)(H,48,51)(H,57,58)(H4,38,39,41)/t18-,20+,21+,22+,23+,24+,25+,26+/m1/s1. The van der Waals surface area contributed by atoms with Gasteiger partial charge in [-0.25, -0.2) is 9.78 Å². The lowest BCUT2D eigenvalue weighted by Crippen LogP contribution is -2.62. The number of aliphatic carboxylic acids is 1. The van der Waals surface area contributed by atoms with Crippen LogP contribution >= 0.6 is 12.6 Å². The Hall–Kier alpha value is -5.08. The van der Waals surface area contributed by atoms with Gasteiger partial charge >= 0.3 is 5.97 Å². The highest BCUT2D eigenvalue weighted by atomic mass is 32.1. The first-order valence-electron chi connectivity index (χ1n) is 19.1. The molecule has 334 valence electrons. The highest BCUT2D eigenvalue weighted by Gasteiger charge is 2.34. The van der Waals surface area contributed by atoms with Crippen molar-refractivity contribution < 1.29 is 48.9 Å². The van der Waals surface area contributed by atoms with E-state index >= 15 is 0 Å². The second kappa shape index (κ2) is 28.4. The van der Waals surface area contributed by atoms with Crippen LogP contribution in [-0.2, 0) is 40.0 Å². The lowest BCUT2D eigenvalue weighted by molar-refractivity contribution is -0.142. The summed E-state index contributed by atoms with van der Waals surface area (Å²) in [5, 5.41) is 44.5. The molecule has 0 aliphatic heterocycles. The summed E-state index contributed by atoms with van der Waals surface area (Å²) in [6, 6.07) is -9.70. The number of aliphatic hydroxyl groups is 2. The third-order valence-electron chi connectivity index (χ3n) is 8.75. The number of amides is 6. The van der Waals surface area contributed by atoms with E-state index in [-0.39, 0.29) is 56.9 Å². The number of unbranched alkanes of at least 4 members (excludes halogenated alkanes) is 2. The first-order chi connectivity index (χ1) is 28.0. The minimum absolute atomic E-state index is 0.0289. The molecule has 0 saturated heterocycles. The van der Waals surface area contributed by atoms with Crippen LogP contribution in [-0.4, -0.2) is 153 Å². The number of H-pyrrole nitrogens is 1. The van der Waals surface area contributed by atoms with Crippen molar-refractivity contribution in [1.82, 2.24) is 41.9 Å². The van der Waals surface area contributed by atoms with E-state index in [4.69, 9.17) is 28.7 Å². The lowest BCUT2D eigenvalue weighted by Gasteiger charge is -2.27. The molecule has 0 aliphatic rings. The maximum Gasteiger partial charge on any atom is 0.326 e. The highest BCUT2D eigenvalue weighted by Crippen LogP contribution is 2.07. The molecule has 0 spiro atoms. The number of hydrogen-bond acceptors (Lipinski definition) is 15. The first-order valence-corrected chi connectivity index (χ1v) is 19.8. The van der Waals surface area contributed by atoms with Crippen LogP contribution < -0.4 is 60.6 Å². The molecule has 0 bridgehead atoms. The summed E-state index contributed by atoms with van der Waals surface area (Å²) in [5.74, 6) is -7.27. The zero-order valence-electron chi connectivity index (χ0n) is 33.1. The fourth-order valence-corrected chi connectivity index (χ4v) is 5.65. The fourth-order valence-electron chi connectivity index (χ4n) is 5.39. The van der Waals surface area contributed by atoms with Gasteiger partial charge in [-0.15, -0.1) is 0 Å². The second-order valence-electron chi connectivity index (χ2n) is 13.6. The number of hydrogen-bond donors (Lipinski definition) is 16. The van der Waals surface area contributed by atoms with Gasteiger partial charge in [0.05, 0.1) is 25.1 Å². The average molecular weight is 859 g/mol. The molecule has 24 nitrogen and oxygen atoms in total. The molecule has 59 heavy (non-hydrogen) atoms. The number of guanidine groups is 1. The number of imidazole rings is 1. The summed E-state index contributed by atoms with van der Waals surface area (Å²) in [6.45, 7) is 1.08. The van der Waals surface area contributed by atoms with Gasteiger partial charge in [0.25, 0.3) is 0 Å². The molecular formula is C34H62N14O10S. The maximum atomic E-state index is 13.6. The van der Waals surface area contributed by atoms with Crippen molar-refractivity contribution in [2.45, 2.75) is 113 Å². The van der Waals surface area contributed by atoms with E-state index < -0.39 is 96.4 Å². The summed E-state index contributed by atoms with van der Waals surface area (Å²) in [7, 11) is 0. The van der Waals surface area contributed by atoms with E-state index in [9.17, 15) is 48.9 Å². The zero-order valence-corrected chi connectivity index (χ0v) is 34.0. The Morgan fingerprint density at radius 3 is 1.81 bits per heavy atom. The van der Waals surface area contributed by atoms with Gasteiger partial charge in [0.15, 0.2) is 5.96 Å². The van der Waals surface area contributed by atoms with Crippen molar-refractivity contribution in [3.63, 3.8) is 0 Å². The smallest absolute Gasteiger partial charge is 0.326 e. The molecule has 25 heteroatoms. The number of nitrogens with zero attached hydrogens (tertiary/aromatic N) is 2. The van der Waals surface area contributed by atoms with Gasteiger partial charge in [0, 0.05) is 30.6 Å². The molecule has 1 heterocycles. The van der Waals surface area contributed by atoms with E-state index in [2.05, 4.69) is 59.5 Å². The van der Waals surface area contributed by atoms with E-state index in [0.717, 1.165) is 0 Å². The Morgan fingerprint density at radius 2 is 1.27 bits per heavy atom. The number of nitrogens with two attached hydrogens (primary N) is 5. The molecule has 0 aliphatic carbocycles. The van der Waals surface area contributed by atoms with E-state index in [0.29, 0.717) is 37.9 Å². The van der Waals surface area contributed by atoms with Crippen LogP contribution in [0.4, 0.5) is 0 Å². The second-order valence-corrected chi connectivity index (χ2v) is 14.0. The van der Waals surface area contributed by atoms with E-state index in [1.807, 2.05) is 0 Å². The van der Waals surface area contributed by atoms with Crippen molar-refractivity contribution in [2.24, 2.45) is 33.7 Å². The van der Waals surface area contributed by atoms with E-state index in [1.54, 1.807) is 0 Å². The number of carboxylic acids is 1. The summed E-state index contributed by atoms with van der Waals surface area (Å²) < 4.78 is 0. The predicted octanol–water partition coefficient (Wildman–Crippen LogP) is -6.11. The molecule has 0 radical (unpaired) electrons. The number of carboxylic acid groups (broad SMARTS) is 1. The van der Waals surface area contributed by atoms with Crippen molar-refractivity contribution in [3.8, 4) is 0 Å². The van der Waals surface area contributed by atoms with Crippen LogP contribution in [0, 0.1) is 0 Å². The van der Waals surface area contributed by atoms with Crippen LogP contribution in [0.2, 0.25) is 0 Å². The molecule has 8 atom stereocenters. The van der Waals surface area contributed by atoms with Crippen LogP contribution in [0.5, 0.6) is 0 Å². The largest absolute Gasteiger partial charge is 0.480 e. The van der Waals surface area contributed by atoms with Gasteiger partial charge in [-0.05, 0) is 65.0 Å². The number of carbonyl (C=O) groups excluding carboxylic acids is 6. The Morgan fingerprint density at radius 1 is 0.746 bits per heavy atom. The zero-order chi connectivity index (χ0) is 44.5. The van der Waals surface area contributed by atoms with Gasteiger partial charge in [0.2, 0.25) is 35.4 Å². The average Bonchev–Trinajstić information content (AvgIpc) is 3.71. The molecule has 1 aromatic rings. The minimum atomic E-state index is -1.65. The Bertz CT molecular complexity index is 1520. The van der Waals surface area contributed by atoms with Gasteiger partial charge in [0.1, 0.15) is 36.3 Å². The summed E-state index contributed by atoms with van der Waals surface area (Å²) in [4.78, 5) is 102. The van der Waals surface area contributed by atoms with Gasteiger partial charge in [-0.1, -0.05) is 6.42 Å². The molecule has 0 saturated carbocycles. The first kappa shape index (κ1) is 51.9. The van der Waals surface area contributed by atoms with E-state index in [1.165, 1.54) is 19.4 Å². The number of nitrogens with one attached hydrogen (secondary N) is 7. The number of rotatable bonds is 30. The minimum Gasteiger partial charge on any atom is -0.480 e. The van der Waals surface area contributed by atoms with Crippen molar-refractivity contribution in [1.29, 1.82) is 0 Å². The Balaban J connectivity index is 3.13. The van der Waals surface area contributed by atoms with Gasteiger partial charge < -0.3 is 80.9 Å².